The van der Waals surface area contributed by atoms with Crippen molar-refractivity contribution < 1.29 is 2.85 Å². The van der Waals surface area contributed by atoms with Gasteiger partial charge in [-0.1, -0.05) is 50.6 Å². The van der Waals surface area contributed by atoms with Gasteiger partial charge in [-0.3, -0.25) is 0 Å². The molecule has 0 unspecified atom stereocenters. The Morgan fingerprint density at radius 1 is 1.17 bits per heavy atom. The van der Waals surface area contributed by atoms with E-state index in [0.29, 0.717) is 0 Å². The second-order valence-electron chi connectivity index (χ2n) is 4.12. The molecule has 0 N–H and O–H groups in total. The summed E-state index contributed by atoms with van der Waals surface area (Å²) in [5.41, 5.74) is 3.04. The molecule has 1 heteroatoms. The third-order valence-corrected chi connectivity index (χ3v) is 1.88. The van der Waals surface area contributed by atoms with Crippen LogP contribution in [0.1, 0.15) is 34.8 Å². The summed E-state index contributed by atoms with van der Waals surface area (Å²) in [5.74, 6) is 0. The molecular weight excluding hydrogens is 172 g/mol. The summed E-state index contributed by atoms with van der Waals surface area (Å²) in [4.78, 5) is 0. The third kappa shape index (κ3) is 3.47. The maximum Gasteiger partial charge on any atom is 2.00 e. The van der Waals surface area contributed by atoms with Gasteiger partial charge in [0.15, 0.2) is 0 Å². The summed E-state index contributed by atoms with van der Waals surface area (Å²) in [6.07, 6.45) is 0. The number of benzene rings is 1. The molecule has 0 aromatic heterocycles. The summed E-state index contributed by atoms with van der Waals surface area (Å²) >= 11 is 0. The second kappa shape index (κ2) is 4.64. The van der Waals surface area contributed by atoms with E-state index >= 15 is 0 Å². The van der Waals surface area contributed by atoms with Crippen LogP contribution in [-0.2, 0) is 5.41 Å². The molecule has 0 amide bonds. The smallest absolute Gasteiger partial charge is 1.00 e. The average Bonchev–Trinajstić information content (AvgIpc) is 1.86. The summed E-state index contributed by atoms with van der Waals surface area (Å²) < 4.78 is 0. The maximum absolute atomic E-state index is 2.25. The summed E-state index contributed by atoms with van der Waals surface area (Å²) in [6.45, 7) is 8.85. The summed E-state index contributed by atoms with van der Waals surface area (Å²) in [6, 6.07) is 8.69. The molecular formula is C11H18Ca. The van der Waals surface area contributed by atoms with Crippen molar-refractivity contribution in [1.82, 2.24) is 0 Å². The Hall–Kier alpha value is 0.480. The first kappa shape index (κ1) is 12.5. The molecule has 0 heterocycles. The van der Waals surface area contributed by atoms with E-state index in [1.165, 1.54) is 11.1 Å². The van der Waals surface area contributed by atoms with E-state index < -0.39 is 0 Å². The molecule has 12 heavy (non-hydrogen) atoms. The van der Waals surface area contributed by atoms with Crippen molar-refractivity contribution in [2.24, 2.45) is 0 Å². The molecule has 0 aliphatic heterocycles. The number of aryl methyl sites for hydroxylation is 1. The molecule has 0 nitrogen and oxygen atoms in total. The van der Waals surface area contributed by atoms with Crippen LogP contribution in [0.15, 0.2) is 24.3 Å². The first-order valence-electron chi connectivity index (χ1n) is 4.07. The molecule has 0 saturated heterocycles. The van der Waals surface area contributed by atoms with Gasteiger partial charge in [0.05, 0.1) is 0 Å². The van der Waals surface area contributed by atoms with Crippen molar-refractivity contribution in [3.63, 3.8) is 0 Å². The zero-order valence-electron chi connectivity index (χ0n) is 10.5. The monoisotopic (exact) mass is 190 g/mol. The molecule has 0 fully saturated rings. The summed E-state index contributed by atoms with van der Waals surface area (Å²) in [5, 5.41) is 0. The number of hydrogen-bond donors (Lipinski definition) is 0. The van der Waals surface area contributed by atoms with Gasteiger partial charge in [0, 0.05) is 0 Å². The molecule has 0 saturated carbocycles. The first-order valence-corrected chi connectivity index (χ1v) is 4.07. The van der Waals surface area contributed by atoms with Crippen LogP contribution < -0.4 is 0 Å². The Kier molecular flexibility index (Phi) is 4.83. The Morgan fingerprint density at radius 2 is 1.75 bits per heavy atom. The average molecular weight is 190 g/mol. The zero-order valence-corrected chi connectivity index (χ0v) is 10.7. The third-order valence-electron chi connectivity index (χ3n) is 1.88. The Morgan fingerprint density at radius 3 is 2.08 bits per heavy atom. The molecule has 0 aliphatic rings. The molecule has 1 rings (SSSR count). The van der Waals surface area contributed by atoms with Gasteiger partial charge in [-0.2, -0.15) is 0 Å². The minimum Gasteiger partial charge on any atom is -1.00 e. The van der Waals surface area contributed by atoms with E-state index in [1.54, 1.807) is 0 Å². The van der Waals surface area contributed by atoms with Crippen LogP contribution in [0.4, 0.5) is 0 Å². The van der Waals surface area contributed by atoms with Gasteiger partial charge in [-0.25, -0.2) is 0 Å². The van der Waals surface area contributed by atoms with Crippen molar-refractivity contribution in [3.8, 4) is 0 Å². The minimum atomic E-state index is 0. The molecule has 1 aromatic rings. The van der Waals surface area contributed by atoms with Gasteiger partial charge < -0.3 is 2.85 Å². The van der Waals surface area contributed by atoms with Crippen LogP contribution in [0, 0.1) is 6.92 Å². The fourth-order valence-corrected chi connectivity index (χ4v) is 1.11. The summed E-state index contributed by atoms with van der Waals surface area (Å²) in [7, 11) is 0. The maximum atomic E-state index is 2.25. The van der Waals surface area contributed by atoms with Gasteiger partial charge in [-0.15, -0.1) is 0 Å². The minimum absolute atomic E-state index is 0. The van der Waals surface area contributed by atoms with Crippen molar-refractivity contribution in [1.29, 1.82) is 0 Å². The SMILES string of the molecule is Cc1cccc(C(C)(C)C)c1.[Ca+2].[H-].[H-]. The normalized spacial score (nSPS) is 10.7. The molecule has 0 aliphatic carbocycles. The predicted octanol–water partition coefficient (Wildman–Crippen LogP) is 3.14. The Bertz CT molecular complexity index is 254. The Balaban J connectivity index is -0.000000403. The van der Waals surface area contributed by atoms with Crippen LogP contribution in [-0.4, -0.2) is 37.7 Å². The number of rotatable bonds is 0. The van der Waals surface area contributed by atoms with E-state index in [2.05, 4.69) is 52.0 Å². The van der Waals surface area contributed by atoms with Gasteiger partial charge >= 0.3 is 37.7 Å². The molecule has 64 valence electrons. The largest absolute Gasteiger partial charge is 2.00 e. The molecule has 0 atom stereocenters. The van der Waals surface area contributed by atoms with Gasteiger partial charge in [0.1, 0.15) is 0 Å². The van der Waals surface area contributed by atoms with Crippen LogP contribution in [0.25, 0.3) is 0 Å². The fraction of sp³-hybridized carbons (Fsp3) is 0.455. The molecule has 0 radical (unpaired) electrons. The quantitative estimate of drug-likeness (QED) is 0.551. The number of hydrogen-bond acceptors (Lipinski definition) is 0. The van der Waals surface area contributed by atoms with Crippen LogP contribution >= 0.6 is 0 Å². The van der Waals surface area contributed by atoms with Crippen molar-refractivity contribution >= 4 is 37.7 Å². The molecule has 0 bridgehead atoms. The van der Waals surface area contributed by atoms with Crippen molar-refractivity contribution in [3.05, 3.63) is 35.4 Å². The van der Waals surface area contributed by atoms with Gasteiger partial charge in [0.2, 0.25) is 0 Å². The van der Waals surface area contributed by atoms with Crippen molar-refractivity contribution in [2.45, 2.75) is 33.1 Å². The van der Waals surface area contributed by atoms with E-state index in [4.69, 9.17) is 0 Å². The second-order valence-corrected chi connectivity index (χ2v) is 4.12. The zero-order chi connectivity index (χ0) is 8.48. The van der Waals surface area contributed by atoms with Crippen molar-refractivity contribution in [2.75, 3.05) is 0 Å². The van der Waals surface area contributed by atoms with Gasteiger partial charge in [-0.05, 0) is 17.9 Å². The van der Waals surface area contributed by atoms with Crippen LogP contribution in [0.3, 0.4) is 0 Å². The Labute approximate surface area is 108 Å². The first-order chi connectivity index (χ1) is 5.00. The van der Waals surface area contributed by atoms with Crippen LogP contribution in [0.2, 0.25) is 0 Å². The van der Waals surface area contributed by atoms with E-state index in [9.17, 15) is 0 Å². The predicted molar refractivity (Wildman–Crippen MR) is 57.9 cm³/mol. The topological polar surface area (TPSA) is 0 Å². The molecule has 1 aromatic carbocycles. The van der Waals surface area contributed by atoms with Gasteiger partial charge in [0.25, 0.3) is 0 Å². The molecule has 0 spiro atoms. The van der Waals surface area contributed by atoms with E-state index in [0.717, 1.165) is 0 Å². The van der Waals surface area contributed by atoms with Crippen LogP contribution in [0.5, 0.6) is 0 Å². The van der Waals surface area contributed by atoms with E-state index in [1.807, 2.05) is 0 Å². The van der Waals surface area contributed by atoms with E-state index in [-0.39, 0.29) is 46.0 Å². The fourth-order valence-electron chi connectivity index (χ4n) is 1.11. The standard InChI is InChI=1S/C11H16.Ca.2H/c1-9-6-5-7-10(8-9)11(2,3)4;;;/h5-8H,1-4H3;;;/q;+2;2*-1.